The number of amides is 1. The van der Waals surface area contributed by atoms with Gasteiger partial charge in [0.05, 0.1) is 16.1 Å². The summed E-state index contributed by atoms with van der Waals surface area (Å²) >= 11 is 1.61. The van der Waals surface area contributed by atoms with Crippen LogP contribution in [0.25, 0.3) is 16.0 Å². The molecule has 6 nitrogen and oxygen atoms in total. The summed E-state index contributed by atoms with van der Waals surface area (Å²) in [4.78, 5) is 19.5. The average Bonchev–Trinajstić information content (AvgIpc) is 3.35. The number of carbonyl (C=O) groups excluding carboxylic acids is 1. The average molecular weight is 468 g/mol. The second-order valence-corrected chi connectivity index (χ2v) is 9.29. The molecule has 1 aliphatic rings. The van der Waals surface area contributed by atoms with Crippen molar-refractivity contribution in [2.45, 2.75) is 32.7 Å². The molecule has 2 aromatic heterocycles. The van der Waals surface area contributed by atoms with Crippen LogP contribution >= 0.6 is 11.3 Å². The Labute approximate surface area is 193 Å². The zero-order valence-electron chi connectivity index (χ0n) is 18.3. The van der Waals surface area contributed by atoms with Gasteiger partial charge in [-0.3, -0.25) is 4.79 Å². The third-order valence-corrected chi connectivity index (χ3v) is 7.13. The summed E-state index contributed by atoms with van der Waals surface area (Å²) in [6.07, 6.45) is 1.33. The molecule has 2 aromatic carbocycles. The summed E-state index contributed by atoms with van der Waals surface area (Å²) < 4.78 is 30.7. The second-order valence-electron chi connectivity index (χ2n) is 8.32. The predicted octanol–water partition coefficient (Wildman–Crippen LogP) is 4.78. The second kappa shape index (κ2) is 8.55. The fourth-order valence-electron chi connectivity index (χ4n) is 4.19. The lowest BCUT2D eigenvalue weighted by Crippen LogP contribution is -2.45. The topological polar surface area (TPSA) is 63.1 Å². The Morgan fingerprint density at radius 2 is 1.79 bits per heavy atom. The predicted molar refractivity (Wildman–Crippen MR) is 125 cm³/mol. The maximum atomic E-state index is 13.9. The van der Waals surface area contributed by atoms with Crippen LogP contribution in [0.2, 0.25) is 0 Å². The first-order valence-electron chi connectivity index (χ1n) is 10.8. The van der Waals surface area contributed by atoms with Crippen molar-refractivity contribution in [2.24, 2.45) is 0 Å². The number of hydrogen-bond acceptors (Lipinski definition) is 5. The van der Waals surface area contributed by atoms with Gasteiger partial charge < -0.3 is 10.2 Å². The van der Waals surface area contributed by atoms with Crippen LogP contribution in [0.5, 0.6) is 0 Å². The normalized spacial score (nSPS) is 14.7. The number of carbonyl (C=O) groups is 1. The smallest absolute Gasteiger partial charge is 0.257 e. The number of halogens is 2. The van der Waals surface area contributed by atoms with E-state index in [1.807, 2.05) is 36.7 Å². The van der Waals surface area contributed by atoms with Gasteiger partial charge in [-0.15, -0.1) is 0 Å². The molecule has 3 heterocycles. The Kier molecular flexibility index (Phi) is 5.57. The summed E-state index contributed by atoms with van der Waals surface area (Å²) in [7, 11) is 0. The molecule has 4 aromatic rings. The number of hydrogen-bond donors (Lipinski definition) is 1. The highest BCUT2D eigenvalue weighted by Gasteiger charge is 2.26. The Hall–Kier alpha value is -3.33. The summed E-state index contributed by atoms with van der Waals surface area (Å²) in [5, 5.41) is 8.36. The molecular weight excluding hydrogens is 444 g/mol. The minimum atomic E-state index is -0.850. The number of rotatable bonds is 4. The van der Waals surface area contributed by atoms with Crippen LogP contribution in [0.15, 0.2) is 42.5 Å². The van der Waals surface area contributed by atoms with Crippen LogP contribution in [0.3, 0.4) is 0 Å². The van der Waals surface area contributed by atoms with Crippen LogP contribution in [0.4, 0.5) is 13.9 Å². The molecule has 0 aliphatic carbocycles. The van der Waals surface area contributed by atoms with Crippen molar-refractivity contribution in [3.8, 4) is 5.69 Å². The van der Waals surface area contributed by atoms with Crippen LogP contribution in [0.1, 0.15) is 34.5 Å². The van der Waals surface area contributed by atoms with E-state index in [9.17, 15) is 13.6 Å². The third-order valence-electron chi connectivity index (χ3n) is 5.91. The van der Waals surface area contributed by atoms with Crippen molar-refractivity contribution >= 4 is 32.7 Å². The van der Waals surface area contributed by atoms with Crippen LogP contribution in [0, 0.1) is 25.5 Å². The van der Waals surface area contributed by atoms with E-state index in [0.717, 1.165) is 44.6 Å². The highest BCUT2D eigenvalue weighted by Crippen LogP contribution is 2.34. The number of thiazole rings is 1. The van der Waals surface area contributed by atoms with E-state index in [2.05, 4.69) is 21.4 Å². The van der Waals surface area contributed by atoms with Crippen LogP contribution < -0.4 is 10.2 Å². The molecular formula is C24H23F2N5OS. The van der Waals surface area contributed by atoms with Gasteiger partial charge in [-0.2, -0.15) is 10.1 Å². The lowest BCUT2D eigenvalue weighted by Gasteiger charge is -2.32. The van der Waals surface area contributed by atoms with Gasteiger partial charge in [0.25, 0.3) is 5.91 Å². The first-order valence-corrected chi connectivity index (χ1v) is 11.7. The van der Waals surface area contributed by atoms with Gasteiger partial charge in [-0.25, -0.2) is 13.5 Å². The number of nitrogens with zero attached hydrogens (tertiary/aromatic N) is 4. The first kappa shape index (κ1) is 21.5. The molecule has 1 fully saturated rings. The van der Waals surface area contributed by atoms with Crippen molar-refractivity contribution in [1.29, 1.82) is 0 Å². The summed E-state index contributed by atoms with van der Waals surface area (Å²) in [6, 6.07) is 11.4. The van der Waals surface area contributed by atoms with E-state index < -0.39 is 23.1 Å². The molecule has 1 saturated heterocycles. The monoisotopic (exact) mass is 467 g/mol. The molecule has 0 radical (unpaired) electrons. The Bertz CT molecular complexity index is 1320. The molecule has 0 spiro atoms. The van der Waals surface area contributed by atoms with Gasteiger partial charge in [0.15, 0.2) is 10.8 Å². The fourth-order valence-corrected chi connectivity index (χ4v) is 5.22. The molecule has 0 saturated carbocycles. The lowest BCUT2D eigenvalue weighted by atomic mass is 10.0. The van der Waals surface area contributed by atoms with Crippen molar-refractivity contribution < 1.29 is 13.6 Å². The molecule has 170 valence electrons. The molecule has 1 amide bonds. The molecule has 1 N–H and O–H groups in total. The van der Waals surface area contributed by atoms with Crippen molar-refractivity contribution in [3.05, 3.63) is 70.9 Å². The molecule has 0 atom stereocenters. The Morgan fingerprint density at radius 1 is 1.09 bits per heavy atom. The van der Waals surface area contributed by atoms with Gasteiger partial charge in [0.2, 0.25) is 0 Å². The number of aryl methyl sites for hydroxylation is 2. The minimum absolute atomic E-state index is 0.147. The molecule has 0 bridgehead atoms. The first-order chi connectivity index (χ1) is 15.9. The number of piperidine rings is 1. The number of fused-ring (bicyclic) bond motifs is 1. The van der Waals surface area contributed by atoms with Gasteiger partial charge in [0, 0.05) is 19.1 Å². The summed E-state index contributed by atoms with van der Waals surface area (Å²) in [5.74, 6) is -2.41. The largest absolute Gasteiger partial charge is 0.349 e. The number of anilines is 1. The Morgan fingerprint density at radius 3 is 2.48 bits per heavy atom. The molecule has 9 heteroatoms. The van der Waals surface area contributed by atoms with Crippen molar-refractivity contribution in [3.63, 3.8) is 0 Å². The van der Waals surface area contributed by atoms with E-state index >= 15 is 0 Å². The molecule has 0 unspecified atom stereocenters. The highest BCUT2D eigenvalue weighted by atomic mass is 32.1. The number of nitrogens with one attached hydrogen (secondary N) is 1. The highest BCUT2D eigenvalue weighted by molar-refractivity contribution is 7.22. The van der Waals surface area contributed by atoms with Crippen LogP contribution in [-0.4, -0.2) is 39.8 Å². The summed E-state index contributed by atoms with van der Waals surface area (Å²) in [5.41, 5.74) is 3.38. The van der Waals surface area contributed by atoms with E-state index in [0.29, 0.717) is 25.9 Å². The lowest BCUT2D eigenvalue weighted by molar-refractivity contribution is 0.0922. The van der Waals surface area contributed by atoms with Gasteiger partial charge in [-0.1, -0.05) is 29.5 Å². The van der Waals surface area contributed by atoms with Crippen molar-refractivity contribution in [2.75, 3.05) is 18.0 Å². The van der Waals surface area contributed by atoms with Gasteiger partial charge >= 0.3 is 0 Å². The molecule has 33 heavy (non-hydrogen) atoms. The van der Waals surface area contributed by atoms with E-state index in [4.69, 9.17) is 4.98 Å². The minimum Gasteiger partial charge on any atom is -0.349 e. The zero-order valence-corrected chi connectivity index (χ0v) is 19.1. The van der Waals surface area contributed by atoms with Crippen LogP contribution in [-0.2, 0) is 0 Å². The van der Waals surface area contributed by atoms with Crippen molar-refractivity contribution in [1.82, 2.24) is 20.1 Å². The molecule has 1 aliphatic heterocycles. The SMILES string of the molecule is Cc1cccc(-n2nc(C)c3sc(N4CCC(NC(=O)c5c(F)cccc5F)CC4)nc32)c1. The third kappa shape index (κ3) is 4.08. The number of benzene rings is 2. The van der Waals surface area contributed by atoms with E-state index in [1.54, 1.807) is 11.3 Å². The zero-order chi connectivity index (χ0) is 23.1. The number of aromatic nitrogens is 3. The van der Waals surface area contributed by atoms with Gasteiger partial charge in [0.1, 0.15) is 17.2 Å². The van der Waals surface area contributed by atoms with Gasteiger partial charge in [-0.05, 0) is 56.5 Å². The standard InChI is InChI=1S/C24H23F2N5OS/c1-14-5-3-6-17(13-14)31-22-21(15(2)29-31)33-24(28-22)30-11-9-16(10-12-30)27-23(32)20-18(25)7-4-8-19(20)26/h3-8,13,16H,9-12H2,1-2H3,(H,27,32). The van der Waals surface area contributed by atoms with E-state index in [-0.39, 0.29) is 6.04 Å². The molecule has 5 rings (SSSR count). The maximum absolute atomic E-state index is 13.9. The quantitative estimate of drug-likeness (QED) is 0.469. The maximum Gasteiger partial charge on any atom is 0.257 e. The Balaban J connectivity index is 1.30. The van der Waals surface area contributed by atoms with E-state index in [1.165, 1.54) is 6.07 Å². The fraction of sp³-hybridized carbons (Fsp3) is 0.292. The summed E-state index contributed by atoms with van der Waals surface area (Å²) in [6.45, 7) is 5.42.